The Morgan fingerprint density at radius 1 is 1.00 bits per heavy atom. The number of nitrogens with one attached hydrogen (secondary N) is 1. The van der Waals surface area contributed by atoms with Crippen molar-refractivity contribution in [3.05, 3.63) is 67.7 Å². The molecule has 0 unspecified atom stereocenters. The molecule has 0 bridgehead atoms. The van der Waals surface area contributed by atoms with Gasteiger partial charge in [-0.05, 0) is 24.3 Å². The normalized spacial score (nSPS) is 10.2. The van der Waals surface area contributed by atoms with Gasteiger partial charge < -0.3 is 15.2 Å². The van der Waals surface area contributed by atoms with Gasteiger partial charge in [-0.15, -0.1) is 0 Å². The lowest BCUT2D eigenvalue weighted by Crippen LogP contribution is -2.26. The zero-order chi connectivity index (χ0) is 17.1. The number of amides is 1. The summed E-state index contributed by atoms with van der Waals surface area (Å²) in [6.45, 7) is 0. The van der Waals surface area contributed by atoms with Gasteiger partial charge in [-0.25, -0.2) is 0 Å². The molecule has 0 atom stereocenters. The van der Waals surface area contributed by atoms with E-state index in [1.807, 2.05) is 0 Å². The second-order valence-corrected chi connectivity index (χ2v) is 5.17. The number of nitrogens with zero attached hydrogens (tertiary/aromatic N) is 1. The molecule has 2 rings (SSSR count). The number of rotatable bonds is 4. The molecule has 2 aromatic carbocycles. The van der Waals surface area contributed by atoms with Crippen LogP contribution in [0.4, 0.5) is 11.4 Å². The Bertz CT molecular complexity index is 823. The van der Waals surface area contributed by atoms with Gasteiger partial charge in [0, 0.05) is 28.9 Å². The molecule has 7 nitrogen and oxygen atoms in total. The van der Waals surface area contributed by atoms with Crippen LogP contribution >= 0.6 is 23.2 Å². The van der Waals surface area contributed by atoms with Crippen LogP contribution < -0.4 is 10.4 Å². The molecule has 0 heterocycles. The average molecular weight is 354 g/mol. The minimum absolute atomic E-state index is 0.202. The van der Waals surface area contributed by atoms with E-state index < -0.39 is 28.1 Å². The fourth-order valence-electron chi connectivity index (χ4n) is 1.78. The van der Waals surface area contributed by atoms with Crippen molar-refractivity contribution in [2.24, 2.45) is 0 Å². The molecule has 9 heteroatoms. The quantitative estimate of drug-likeness (QED) is 0.670. The zero-order valence-corrected chi connectivity index (χ0v) is 12.7. The van der Waals surface area contributed by atoms with Crippen molar-refractivity contribution in [2.75, 3.05) is 5.32 Å². The SMILES string of the molecule is O=C([O-])c1cc([N+](=O)[O-])ccc1C(=O)Nc1ccc(Cl)c(Cl)c1. The fraction of sp³-hybridized carbons (Fsp3) is 0. The summed E-state index contributed by atoms with van der Waals surface area (Å²) in [6.07, 6.45) is 0. The standard InChI is InChI=1S/C14H8Cl2N2O5/c15-11-4-1-7(5-12(11)16)17-13(19)9-3-2-8(18(22)23)6-10(9)14(20)21/h1-6H,(H,17,19)(H,20,21)/p-1. The third-order valence-electron chi connectivity index (χ3n) is 2.86. The van der Waals surface area contributed by atoms with Crippen LogP contribution in [0.5, 0.6) is 0 Å². The number of nitro groups is 1. The highest BCUT2D eigenvalue weighted by Gasteiger charge is 2.17. The summed E-state index contributed by atoms with van der Waals surface area (Å²) >= 11 is 11.6. The number of carboxylic acids is 1. The van der Waals surface area contributed by atoms with Gasteiger partial charge in [-0.1, -0.05) is 23.2 Å². The van der Waals surface area contributed by atoms with Gasteiger partial charge in [0.15, 0.2) is 0 Å². The first-order valence-electron chi connectivity index (χ1n) is 6.06. The lowest BCUT2D eigenvalue weighted by molar-refractivity contribution is -0.385. The summed E-state index contributed by atoms with van der Waals surface area (Å²) in [5.41, 5.74) is -1.04. The fourth-order valence-corrected chi connectivity index (χ4v) is 2.08. The van der Waals surface area contributed by atoms with Gasteiger partial charge in [0.05, 0.1) is 20.9 Å². The predicted octanol–water partition coefficient (Wildman–Crippen LogP) is 2.52. The van der Waals surface area contributed by atoms with Crippen LogP contribution in [0, 0.1) is 10.1 Å². The monoisotopic (exact) mass is 353 g/mol. The third kappa shape index (κ3) is 3.77. The number of nitro benzene ring substituents is 1. The first kappa shape index (κ1) is 16.7. The number of halogens is 2. The van der Waals surface area contributed by atoms with E-state index in [0.29, 0.717) is 0 Å². The molecule has 0 aliphatic heterocycles. The van der Waals surface area contributed by atoms with Crippen molar-refractivity contribution in [1.82, 2.24) is 0 Å². The first-order valence-corrected chi connectivity index (χ1v) is 6.81. The minimum Gasteiger partial charge on any atom is -0.545 e. The molecule has 2 aromatic rings. The molecule has 23 heavy (non-hydrogen) atoms. The van der Waals surface area contributed by atoms with E-state index in [0.717, 1.165) is 18.2 Å². The van der Waals surface area contributed by atoms with Crippen LogP contribution in [0.1, 0.15) is 20.7 Å². The molecule has 0 aromatic heterocycles. The van der Waals surface area contributed by atoms with Crippen LogP contribution in [-0.4, -0.2) is 16.8 Å². The number of carboxylic acid groups (broad SMARTS) is 1. The summed E-state index contributed by atoms with van der Waals surface area (Å²) in [6, 6.07) is 7.13. The number of anilines is 1. The van der Waals surface area contributed by atoms with Crippen LogP contribution in [0.3, 0.4) is 0 Å². The van der Waals surface area contributed by atoms with Crippen molar-refractivity contribution in [3.8, 4) is 0 Å². The van der Waals surface area contributed by atoms with E-state index >= 15 is 0 Å². The Balaban J connectivity index is 2.36. The maximum atomic E-state index is 12.2. The van der Waals surface area contributed by atoms with E-state index in [4.69, 9.17) is 23.2 Å². The van der Waals surface area contributed by atoms with E-state index in [1.165, 1.54) is 18.2 Å². The van der Waals surface area contributed by atoms with E-state index in [1.54, 1.807) is 0 Å². The molecule has 1 N–H and O–H groups in total. The zero-order valence-electron chi connectivity index (χ0n) is 11.2. The second kappa shape index (κ2) is 6.64. The molecular formula is C14H7Cl2N2O5-. The Hall–Kier alpha value is -2.64. The van der Waals surface area contributed by atoms with Crippen LogP contribution in [0.25, 0.3) is 0 Å². The van der Waals surface area contributed by atoms with E-state index in [2.05, 4.69) is 5.32 Å². The number of benzene rings is 2. The largest absolute Gasteiger partial charge is 0.545 e. The van der Waals surface area contributed by atoms with Gasteiger partial charge in [-0.2, -0.15) is 0 Å². The van der Waals surface area contributed by atoms with E-state index in [-0.39, 0.29) is 21.3 Å². The first-order chi connectivity index (χ1) is 10.8. The van der Waals surface area contributed by atoms with Crippen molar-refractivity contribution in [1.29, 1.82) is 0 Å². The molecule has 0 fully saturated rings. The van der Waals surface area contributed by atoms with Gasteiger partial charge in [0.25, 0.3) is 11.6 Å². The van der Waals surface area contributed by atoms with Gasteiger partial charge in [0.2, 0.25) is 0 Å². The van der Waals surface area contributed by atoms with Crippen LogP contribution in [0.15, 0.2) is 36.4 Å². The number of carbonyl (C=O) groups is 2. The summed E-state index contributed by atoms with van der Waals surface area (Å²) < 4.78 is 0. The molecular weight excluding hydrogens is 347 g/mol. The highest BCUT2D eigenvalue weighted by molar-refractivity contribution is 6.42. The molecule has 0 aliphatic carbocycles. The number of aromatic carboxylic acids is 1. The third-order valence-corrected chi connectivity index (χ3v) is 3.60. The summed E-state index contributed by atoms with van der Waals surface area (Å²) in [5, 5.41) is 24.7. The summed E-state index contributed by atoms with van der Waals surface area (Å²) in [7, 11) is 0. The van der Waals surface area contributed by atoms with Gasteiger partial charge in [0.1, 0.15) is 0 Å². The Morgan fingerprint density at radius 3 is 2.26 bits per heavy atom. The Labute approximate surface area is 139 Å². The lowest BCUT2D eigenvalue weighted by Gasteiger charge is -2.11. The summed E-state index contributed by atoms with van der Waals surface area (Å²) in [4.78, 5) is 33.2. The highest BCUT2D eigenvalue weighted by Crippen LogP contribution is 2.26. The maximum Gasteiger partial charge on any atom is 0.270 e. The second-order valence-electron chi connectivity index (χ2n) is 4.36. The molecule has 0 saturated heterocycles. The molecule has 0 spiro atoms. The van der Waals surface area contributed by atoms with E-state index in [9.17, 15) is 24.8 Å². The van der Waals surface area contributed by atoms with Crippen LogP contribution in [0.2, 0.25) is 10.0 Å². The maximum absolute atomic E-state index is 12.2. The molecule has 0 radical (unpaired) electrons. The molecule has 0 saturated carbocycles. The molecule has 1 amide bonds. The number of non-ortho nitro benzene ring substituents is 1. The highest BCUT2D eigenvalue weighted by atomic mass is 35.5. The van der Waals surface area contributed by atoms with Crippen molar-refractivity contribution < 1.29 is 19.6 Å². The minimum atomic E-state index is -1.70. The van der Waals surface area contributed by atoms with Gasteiger partial charge in [-0.3, -0.25) is 14.9 Å². The average Bonchev–Trinajstić information content (AvgIpc) is 2.50. The topological polar surface area (TPSA) is 112 Å². The predicted molar refractivity (Wildman–Crippen MR) is 81.8 cm³/mol. The van der Waals surface area contributed by atoms with Crippen molar-refractivity contribution >= 4 is 46.5 Å². The van der Waals surface area contributed by atoms with Crippen molar-refractivity contribution in [3.63, 3.8) is 0 Å². The Kier molecular flexibility index (Phi) is 4.83. The number of hydrogen-bond acceptors (Lipinski definition) is 5. The lowest BCUT2D eigenvalue weighted by atomic mass is 10.1. The molecule has 118 valence electrons. The Morgan fingerprint density at radius 2 is 1.70 bits per heavy atom. The molecule has 0 aliphatic rings. The number of carbonyl (C=O) groups excluding carboxylic acids is 2. The number of hydrogen-bond donors (Lipinski definition) is 1. The van der Waals surface area contributed by atoms with Gasteiger partial charge >= 0.3 is 0 Å². The van der Waals surface area contributed by atoms with Crippen molar-refractivity contribution in [2.45, 2.75) is 0 Å². The smallest absolute Gasteiger partial charge is 0.270 e. The summed E-state index contributed by atoms with van der Waals surface area (Å²) in [5.74, 6) is -2.48. The van der Waals surface area contributed by atoms with Crippen LogP contribution in [-0.2, 0) is 0 Å².